The number of hydrogen-bond donors (Lipinski definition) is 0. The first-order valence-corrected chi connectivity index (χ1v) is 7.69. The van der Waals surface area contributed by atoms with Crippen LogP contribution < -0.4 is 9.64 Å². The lowest BCUT2D eigenvalue weighted by Gasteiger charge is -2.25. The Balaban J connectivity index is 1.63. The number of fused-ring (bicyclic) bond motifs is 1. The van der Waals surface area contributed by atoms with Gasteiger partial charge in [0.25, 0.3) is 0 Å². The van der Waals surface area contributed by atoms with Gasteiger partial charge in [0.05, 0.1) is 6.54 Å². The number of para-hydroxylation sites is 1. The molecule has 3 rings (SSSR count). The fourth-order valence-corrected chi connectivity index (χ4v) is 3.25. The fraction of sp³-hybridized carbons (Fsp3) is 0.368. The lowest BCUT2D eigenvalue weighted by molar-refractivity contribution is 0.320. The van der Waals surface area contributed by atoms with Crippen molar-refractivity contribution in [2.45, 2.75) is 33.2 Å². The van der Waals surface area contributed by atoms with Gasteiger partial charge in [-0.15, -0.1) is 0 Å². The van der Waals surface area contributed by atoms with E-state index in [1.165, 1.54) is 22.4 Å². The summed E-state index contributed by atoms with van der Waals surface area (Å²) in [5.74, 6) is 0.979. The summed E-state index contributed by atoms with van der Waals surface area (Å²) in [6.07, 6.45) is 1.14. The molecule has 0 radical (unpaired) electrons. The minimum Gasteiger partial charge on any atom is -0.492 e. The van der Waals surface area contributed by atoms with Crippen molar-refractivity contribution in [3.8, 4) is 5.75 Å². The molecule has 0 amide bonds. The van der Waals surface area contributed by atoms with Gasteiger partial charge in [-0.3, -0.25) is 0 Å². The first-order valence-electron chi connectivity index (χ1n) is 7.69. The average molecular weight is 281 g/mol. The van der Waals surface area contributed by atoms with Gasteiger partial charge in [0.1, 0.15) is 12.4 Å². The molecule has 1 atom stereocenters. The Labute approximate surface area is 127 Å². The van der Waals surface area contributed by atoms with Gasteiger partial charge < -0.3 is 9.64 Å². The van der Waals surface area contributed by atoms with Crippen LogP contribution in [0.2, 0.25) is 0 Å². The van der Waals surface area contributed by atoms with Crippen LogP contribution in [0.1, 0.15) is 23.6 Å². The molecule has 21 heavy (non-hydrogen) atoms. The number of anilines is 1. The number of rotatable bonds is 4. The smallest absolute Gasteiger partial charge is 0.119 e. The van der Waals surface area contributed by atoms with Gasteiger partial charge in [-0.1, -0.05) is 24.3 Å². The molecule has 0 fully saturated rings. The van der Waals surface area contributed by atoms with Crippen molar-refractivity contribution in [1.82, 2.24) is 0 Å². The Morgan fingerprint density at radius 2 is 1.81 bits per heavy atom. The molecule has 110 valence electrons. The summed E-state index contributed by atoms with van der Waals surface area (Å²) in [4.78, 5) is 2.46. The maximum Gasteiger partial charge on any atom is 0.119 e. The molecule has 0 saturated carbocycles. The Morgan fingerprint density at radius 3 is 2.57 bits per heavy atom. The molecule has 1 aliphatic heterocycles. The third kappa shape index (κ3) is 3.05. The van der Waals surface area contributed by atoms with Crippen molar-refractivity contribution in [1.29, 1.82) is 0 Å². The van der Waals surface area contributed by atoms with E-state index in [2.05, 4.69) is 68.1 Å². The van der Waals surface area contributed by atoms with E-state index < -0.39 is 0 Å². The zero-order valence-corrected chi connectivity index (χ0v) is 13.1. The highest BCUT2D eigenvalue weighted by atomic mass is 16.5. The molecule has 1 aliphatic rings. The third-order valence-corrected chi connectivity index (χ3v) is 4.14. The summed E-state index contributed by atoms with van der Waals surface area (Å²) >= 11 is 0. The first-order chi connectivity index (χ1) is 10.1. The van der Waals surface area contributed by atoms with Crippen LogP contribution in [-0.2, 0) is 6.42 Å². The second-order valence-electron chi connectivity index (χ2n) is 6.05. The molecule has 0 aliphatic carbocycles. The number of hydrogen-bond acceptors (Lipinski definition) is 2. The van der Waals surface area contributed by atoms with Crippen molar-refractivity contribution in [3.63, 3.8) is 0 Å². The second-order valence-corrected chi connectivity index (χ2v) is 6.05. The average Bonchev–Trinajstić information content (AvgIpc) is 2.74. The van der Waals surface area contributed by atoms with Crippen LogP contribution in [0.5, 0.6) is 5.75 Å². The van der Waals surface area contributed by atoms with Crippen molar-refractivity contribution in [2.75, 3.05) is 18.1 Å². The Morgan fingerprint density at radius 1 is 1.10 bits per heavy atom. The summed E-state index contributed by atoms with van der Waals surface area (Å²) in [6, 6.07) is 15.6. The number of aryl methyl sites for hydroxylation is 2. The molecule has 0 N–H and O–H groups in total. The Hall–Kier alpha value is -1.96. The molecule has 1 heterocycles. The van der Waals surface area contributed by atoms with Crippen molar-refractivity contribution >= 4 is 5.69 Å². The van der Waals surface area contributed by atoms with Crippen LogP contribution in [0.4, 0.5) is 5.69 Å². The van der Waals surface area contributed by atoms with E-state index in [9.17, 15) is 0 Å². The topological polar surface area (TPSA) is 12.5 Å². The lowest BCUT2D eigenvalue weighted by atomic mass is 10.1. The summed E-state index contributed by atoms with van der Waals surface area (Å²) in [7, 11) is 0. The molecule has 0 spiro atoms. The molecule has 0 saturated heterocycles. The fourth-order valence-electron chi connectivity index (χ4n) is 3.25. The van der Waals surface area contributed by atoms with Gasteiger partial charge in [0, 0.05) is 11.7 Å². The Kier molecular flexibility index (Phi) is 3.87. The molecule has 1 unspecified atom stereocenters. The SMILES string of the molecule is Cc1cc(C)cc(OCCN2c3ccccc3CC2C)c1. The van der Waals surface area contributed by atoms with Crippen molar-refractivity contribution < 1.29 is 4.74 Å². The highest BCUT2D eigenvalue weighted by molar-refractivity contribution is 5.59. The van der Waals surface area contributed by atoms with Crippen LogP contribution in [-0.4, -0.2) is 19.2 Å². The van der Waals surface area contributed by atoms with Gasteiger partial charge in [-0.2, -0.15) is 0 Å². The number of nitrogens with zero attached hydrogens (tertiary/aromatic N) is 1. The molecule has 2 heteroatoms. The van der Waals surface area contributed by atoms with Crippen LogP contribution in [0.15, 0.2) is 42.5 Å². The van der Waals surface area contributed by atoms with E-state index in [1.807, 2.05) is 0 Å². The van der Waals surface area contributed by atoms with Crippen molar-refractivity contribution in [2.24, 2.45) is 0 Å². The van der Waals surface area contributed by atoms with E-state index in [4.69, 9.17) is 4.74 Å². The second kappa shape index (κ2) is 5.80. The van der Waals surface area contributed by atoms with Crippen LogP contribution >= 0.6 is 0 Å². The number of benzene rings is 2. The predicted molar refractivity (Wildman–Crippen MR) is 88.4 cm³/mol. The Bertz CT molecular complexity index is 615. The van der Waals surface area contributed by atoms with Crippen LogP contribution in [0.3, 0.4) is 0 Å². The van der Waals surface area contributed by atoms with Gasteiger partial charge in [0.2, 0.25) is 0 Å². The van der Waals surface area contributed by atoms with Gasteiger partial charge in [-0.05, 0) is 62.1 Å². The van der Waals surface area contributed by atoms with Gasteiger partial charge >= 0.3 is 0 Å². The highest BCUT2D eigenvalue weighted by Crippen LogP contribution is 2.31. The van der Waals surface area contributed by atoms with E-state index in [-0.39, 0.29) is 0 Å². The molecule has 2 aromatic carbocycles. The maximum atomic E-state index is 5.95. The summed E-state index contributed by atoms with van der Waals surface area (Å²) < 4.78 is 5.95. The van der Waals surface area contributed by atoms with Crippen LogP contribution in [0.25, 0.3) is 0 Å². The highest BCUT2D eigenvalue weighted by Gasteiger charge is 2.24. The molecule has 0 bridgehead atoms. The normalized spacial score (nSPS) is 16.9. The van der Waals surface area contributed by atoms with E-state index in [0.717, 1.165) is 25.3 Å². The van der Waals surface area contributed by atoms with E-state index in [0.29, 0.717) is 6.04 Å². The molecule has 0 aromatic heterocycles. The maximum absolute atomic E-state index is 5.95. The molecular formula is C19H23NO. The van der Waals surface area contributed by atoms with E-state index >= 15 is 0 Å². The third-order valence-electron chi connectivity index (χ3n) is 4.14. The first kappa shape index (κ1) is 14.0. The molecule has 2 aromatic rings. The zero-order valence-electron chi connectivity index (χ0n) is 13.1. The predicted octanol–water partition coefficient (Wildman–Crippen LogP) is 4.13. The minimum atomic E-state index is 0.560. The quantitative estimate of drug-likeness (QED) is 0.835. The summed E-state index contributed by atoms with van der Waals surface area (Å²) in [6.45, 7) is 8.17. The molecular weight excluding hydrogens is 258 g/mol. The summed E-state index contributed by atoms with van der Waals surface area (Å²) in [5, 5.41) is 0. The van der Waals surface area contributed by atoms with E-state index in [1.54, 1.807) is 0 Å². The largest absolute Gasteiger partial charge is 0.492 e. The standard InChI is InChI=1S/C19H23NO/c1-14-10-15(2)12-18(11-14)21-9-8-20-16(3)13-17-6-4-5-7-19(17)20/h4-7,10-12,16H,8-9,13H2,1-3H3. The molecule has 2 nitrogen and oxygen atoms in total. The van der Waals surface area contributed by atoms with Gasteiger partial charge in [0.15, 0.2) is 0 Å². The van der Waals surface area contributed by atoms with Crippen LogP contribution in [0, 0.1) is 13.8 Å². The van der Waals surface area contributed by atoms with Crippen molar-refractivity contribution in [3.05, 3.63) is 59.2 Å². The van der Waals surface area contributed by atoms with Gasteiger partial charge in [-0.25, -0.2) is 0 Å². The minimum absolute atomic E-state index is 0.560. The monoisotopic (exact) mass is 281 g/mol. The zero-order chi connectivity index (χ0) is 14.8. The number of ether oxygens (including phenoxy) is 1. The lowest BCUT2D eigenvalue weighted by Crippen LogP contribution is -2.33. The summed E-state index contributed by atoms with van der Waals surface area (Å²) in [5.41, 5.74) is 5.33.